The van der Waals surface area contributed by atoms with Crippen LogP contribution in [0.3, 0.4) is 0 Å². The second-order valence-corrected chi connectivity index (χ2v) is 1.96. The summed E-state index contributed by atoms with van der Waals surface area (Å²) in [5, 5.41) is 9.75. The number of carbonyl (C=O) groups is 1. The SMILES string of the molecule is CC(=O)Nc1cn(C)nn1. The molecule has 0 aliphatic heterocycles. The number of anilines is 1. The van der Waals surface area contributed by atoms with E-state index in [1.165, 1.54) is 11.6 Å². The summed E-state index contributed by atoms with van der Waals surface area (Å²) < 4.78 is 1.52. The molecule has 1 aromatic heterocycles. The number of nitrogens with one attached hydrogen (secondary N) is 1. The van der Waals surface area contributed by atoms with Gasteiger partial charge in [-0.3, -0.25) is 9.48 Å². The standard InChI is InChI=1S/C5H8N4O/c1-4(10)6-5-3-9(2)8-7-5/h3H,1-2H3,(H,6,10). The van der Waals surface area contributed by atoms with E-state index < -0.39 is 0 Å². The molecule has 0 radical (unpaired) electrons. The van der Waals surface area contributed by atoms with Crippen LogP contribution in [-0.4, -0.2) is 20.9 Å². The van der Waals surface area contributed by atoms with E-state index in [-0.39, 0.29) is 5.91 Å². The molecule has 0 unspecified atom stereocenters. The lowest BCUT2D eigenvalue weighted by Gasteiger charge is -1.90. The Kier molecular flexibility index (Phi) is 1.66. The van der Waals surface area contributed by atoms with Crippen molar-refractivity contribution < 1.29 is 4.79 Å². The molecular weight excluding hydrogens is 132 g/mol. The first-order chi connectivity index (χ1) is 4.68. The van der Waals surface area contributed by atoms with Gasteiger partial charge in [-0.1, -0.05) is 5.21 Å². The third-order valence-corrected chi connectivity index (χ3v) is 0.907. The maximum atomic E-state index is 10.4. The van der Waals surface area contributed by atoms with Crippen molar-refractivity contribution in [1.82, 2.24) is 15.0 Å². The number of aromatic nitrogens is 3. The van der Waals surface area contributed by atoms with Crippen LogP contribution in [0.25, 0.3) is 0 Å². The molecule has 0 fully saturated rings. The lowest BCUT2D eigenvalue weighted by Crippen LogP contribution is -2.05. The van der Waals surface area contributed by atoms with Gasteiger partial charge in [-0.15, -0.1) is 5.10 Å². The first-order valence-corrected chi connectivity index (χ1v) is 2.82. The highest BCUT2D eigenvalue weighted by Crippen LogP contribution is 1.96. The lowest BCUT2D eigenvalue weighted by molar-refractivity contribution is -0.114. The number of nitrogens with zero attached hydrogens (tertiary/aromatic N) is 3. The van der Waals surface area contributed by atoms with Crippen LogP contribution < -0.4 is 5.32 Å². The molecule has 1 aromatic rings. The van der Waals surface area contributed by atoms with E-state index >= 15 is 0 Å². The molecule has 54 valence electrons. The second-order valence-electron chi connectivity index (χ2n) is 1.96. The molecule has 1 amide bonds. The molecule has 0 saturated heterocycles. The van der Waals surface area contributed by atoms with Crippen LogP contribution in [0.15, 0.2) is 6.20 Å². The van der Waals surface area contributed by atoms with Gasteiger partial charge in [0, 0.05) is 14.0 Å². The number of amides is 1. The van der Waals surface area contributed by atoms with Crippen LogP contribution in [0.2, 0.25) is 0 Å². The molecule has 1 rings (SSSR count). The first-order valence-electron chi connectivity index (χ1n) is 2.82. The van der Waals surface area contributed by atoms with Crippen LogP contribution in [0, 0.1) is 0 Å². The fourth-order valence-electron chi connectivity index (χ4n) is 0.585. The summed E-state index contributed by atoms with van der Waals surface area (Å²) in [6.07, 6.45) is 1.63. The summed E-state index contributed by atoms with van der Waals surface area (Å²) >= 11 is 0. The van der Waals surface area contributed by atoms with Crippen molar-refractivity contribution in [1.29, 1.82) is 0 Å². The predicted molar refractivity (Wildman–Crippen MR) is 35.3 cm³/mol. The number of aryl methyl sites for hydroxylation is 1. The zero-order chi connectivity index (χ0) is 7.56. The average Bonchev–Trinajstić information content (AvgIpc) is 2.13. The van der Waals surface area contributed by atoms with Gasteiger partial charge in [-0.25, -0.2) is 0 Å². The van der Waals surface area contributed by atoms with E-state index in [4.69, 9.17) is 0 Å². The van der Waals surface area contributed by atoms with E-state index in [9.17, 15) is 4.79 Å². The molecule has 5 heteroatoms. The van der Waals surface area contributed by atoms with E-state index in [0.29, 0.717) is 5.82 Å². The molecule has 1 heterocycles. The Labute approximate surface area is 58.0 Å². The van der Waals surface area contributed by atoms with Crippen molar-refractivity contribution >= 4 is 11.7 Å². The van der Waals surface area contributed by atoms with Gasteiger partial charge in [0.05, 0.1) is 6.20 Å². The van der Waals surface area contributed by atoms with Crippen molar-refractivity contribution in [2.45, 2.75) is 6.92 Å². The first kappa shape index (κ1) is 6.73. The smallest absolute Gasteiger partial charge is 0.222 e. The van der Waals surface area contributed by atoms with Gasteiger partial charge < -0.3 is 5.32 Å². The Morgan fingerprint density at radius 1 is 1.80 bits per heavy atom. The molecule has 1 N–H and O–H groups in total. The third-order valence-electron chi connectivity index (χ3n) is 0.907. The molecule has 0 atom stereocenters. The lowest BCUT2D eigenvalue weighted by atomic mass is 10.6. The minimum Gasteiger partial charge on any atom is -0.308 e. The molecule has 0 spiro atoms. The van der Waals surface area contributed by atoms with Crippen LogP contribution >= 0.6 is 0 Å². The molecule has 10 heavy (non-hydrogen) atoms. The highest BCUT2D eigenvalue weighted by molar-refractivity contribution is 5.87. The van der Waals surface area contributed by atoms with Gasteiger partial charge in [-0.05, 0) is 0 Å². The van der Waals surface area contributed by atoms with E-state index in [1.807, 2.05) is 0 Å². The summed E-state index contributed by atoms with van der Waals surface area (Å²) in [7, 11) is 1.73. The zero-order valence-corrected chi connectivity index (χ0v) is 5.83. The largest absolute Gasteiger partial charge is 0.308 e. The molecule has 0 bridgehead atoms. The predicted octanol–water partition coefficient (Wildman–Crippen LogP) is -0.227. The minimum absolute atomic E-state index is 0.138. The van der Waals surface area contributed by atoms with Crippen LogP contribution in [0.4, 0.5) is 5.82 Å². The Balaban J connectivity index is 2.67. The van der Waals surface area contributed by atoms with Crippen molar-refractivity contribution in [3.05, 3.63) is 6.20 Å². The maximum absolute atomic E-state index is 10.4. The second kappa shape index (κ2) is 2.47. The molecule has 0 aliphatic carbocycles. The average molecular weight is 140 g/mol. The van der Waals surface area contributed by atoms with E-state index in [1.54, 1.807) is 13.2 Å². The Morgan fingerprint density at radius 3 is 2.90 bits per heavy atom. The molecule has 0 aromatic carbocycles. The molecule has 5 nitrogen and oxygen atoms in total. The van der Waals surface area contributed by atoms with Crippen molar-refractivity contribution in [3.63, 3.8) is 0 Å². The number of hydrogen-bond acceptors (Lipinski definition) is 3. The Hall–Kier alpha value is -1.39. The van der Waals surface area contributed by atoms with Gasteiger partial charge >= 0.3 is 0 Å². The fourth-order valence-corrected chi connectivity index (χ4v) is 0.585. The molecular formula is C5H8N4O. The molecule has 0 saturated carbocycles. The fraction of sp³-hybridized carbons (Fsp3) is 0.400. The van der Waals surface area contributed by atoms with Crippen LogP contribution in [0.1, 0.15) is 6.92 Å². The summed E-state index contributed by atoms with van der Waals surface area (Å²) in [6.45, 7) is 1.43. The monoisotopic (exact) mass is 140 g/mol. The minimum atomic E-state index is -0.138. The third kappa shape index (κ3) is 1.54. The highest BCUT2D eigenvalue weighted by atomic mass is 16.1. The van der Waals surface area contributed by atoms with Crippen molar-refractivity contribution in [2.24, 2.45) is 7.05 Å². The van der Waals surface area contributed by atoms with Crippen LogP contribution in [0.5, 0.6) is 0 Å². The Morgan fingerprint density at radius 2 is 2.50 bits per heavy atom. The van der Waals surface area contributed by atoms with Gasteiger partial charge in [0.1, 0.15) is 0 Å². The van der Waals surface area contributed by atoms with Gasteiger partial charge in [0.25, 0.3) is 0 Å². The summed E-state index contributed by atoms with van der Waals surface area (Å²) in [5.41, 5.74) is 0. The Bertz CT molecular complexity index is 242. The normalized spacial score (nSPS) is 9.40. The summed E-state index contributed by atoms with van der Waals surface area (Å²) in [6, 6.07) is 0. The van der Waals surface area contributed by atoms with E-state index in [0.717, 1.165) is 0 Å². The molecule has 0 aliphatic rings. The summed E-state index contributed by atoms with van der Waals surface area (Å²) in [5.74, 6) is 0.343. The number of rotatable bonds is 1. The summed E-state index contributed by atoms with van der Waals surface area (Å²) in [4.78, 5) is 10.4. The van der Waals surface area contributed by atoms with E-state index in [2.05, 4.69) is 15.6 Å². The van der Waals surface area contributed by atoms with Gasteiger partial charge in [0.15, 0.2) is 5.82 Å². The topological polar surface area (TPSA) is 59.8 Å². The van der Waals surface area contributed by atoms with Crippen molar-refractivity contribution in [3.8, 4) is 0 Å². The highest BCUT2D eigenvalue weighted by Gasteiger charge is 1.97. The number of carbonyl (C=O) groups excluding carboxylic acids is 1. The van der Waals surface area contributed by atoms with Crippen molar-refractivity contribution in [2.75, 3.05) is 5.32 Å². The quantitative estimate of drug-likeness (QED) is 0.586. The van der Waals surface area contributed by atoms with Crippen LogP contribution in [-0.2, 0) is 11.8 Å². The maximum Gasteiger partial charge on any atom is 0.222 e. The zero-order valence-electron chi connectivity index (χ0n) is 5.83. The van der Waals surface area contributed by atoms with Gasteiger partial charge in [-0.2, -0.15) is 0 Å². The number of hydrogen-bond donors (Lipinski definition) is 1. The van der Waals surface area contributed by atoms with Gasteiger partial charge in [0.2, 0.25) is 5.91 Å².